The fourth-order valence-corrected chi connectivity index (χ4v) is 1.78. The molecule has 0 aromatic carbocycles. The van der Waals surface area contributed by atoms with Gasteiger partial charge in [-0.05, 0) is 12.8 Å². The van der Waals surface area contributed by atoms with Gasteiger partial charge >= 0.3 is 0 Å². The lowest BCUT2D eigenvalue weighted by molar-refractivity contribution is 0.154. The quantitative estimate of drug-likeness (QED) is 0.766. The number of aromatic nitrogens is 2. The first kappa shape index (κ1) is 10.2. The predicted octanol–water partition coefficient (Wildman–Crippen LogP) is 0.446. The first-order valence-corrected chi connectivity index (χ1v) is 5.08. The van der Waals surface area contributed by atoms with Crippen molar-refractivity contribution in [2.45, 2.75) is 18.9 Å². The van der Waals surface area contributed by atoms with Crippen molar-refractivity contribution in [3.05, 3.63) is 12.4 Å². The lowest BCUT2D eigenvalue weighted by atomic mass is 10.1. The molecule has 1 aliphatic rings. The Labute approximate surface area is 88.7 Å². The van der Waals surface area contributed by atoms with Gasteiger partial charge in [0.05, 0.1) is 13.2 Å². The molecule has 1 aromatic rings. The number of methoxy groups -OCH3 is 1. The zero-order chi connectivity index (χ0) is 10.7. The topological polar surface area (TPSA) is 58.5 Å². The first-order chi connectivity index (χ1) is 7.29. The van der Waals surface area contributed by atoms with Crippen LogP contribution in [0.5, 0.6) is 5.88 Å². The van der Waals surface area contributed by atoms with Crippen molar-refractivity contribution in [1.82, 2.24) is 9.97 Å². The average Bonchev–Trinajstić information content (AvgIpc) is 2.29. The smallest absolute Gasteiger partial charge is 0.218 e. The highest BCUT2D eigenvalue weighted by atomic mass is 16.5. The van der Waals surface area contributed by atoms with E-state index < -0.39 is 0 Å². The number of β-amino-alcohol motifs (C(OH)–C–C–N with tert-alkyl or cyclic N) is 1. The molecule has 0 unspecified atom stereocenters. The maximum absolute atomic E-state index is 9.55. The van der Waals surface area contributed by atoms with E-state index in [9.17, 15) is 5.11 Å². The zero-order valence-electron chi connectivity index (χ0n) is 8.76. The molecular weight excluding hydrogens is 194 g/mol. The Morgan fingerprint density at radius 1 is 1.53 bits per heavy atom. The molecule has 0 aliphatic carbocycles. The third-order valence-corrected chi connectivity index (χ3v) is 2.56. The summed E-state index contributed by atoms with van der Waals surface area (Å²) in [6.07, 6.45) is 3.10. The molecular formula is C10H15N3O2. The van der Waals surface area contributed by atoms with Gasteiger partial charge < -0.3 is 14.7 Å². The van der Waals surface area contributed by atoms with Crippen LogP contribution < -0.4 is 9.64 Å². The van der Waals surface area contributed by atoms with E-state index >= 15 is 0 Å². The van der Waals surface area contributed by atoms with Crippen molar-refractivity contribution in [2.75, 3.05) is 25.1 Å². The summed E-state index contributed by atoms with van der Waals surface area (Å²) >= 11 is 0. The number of piperidine rings is 1. The van der Waals surface area contributed by atoms with Crippen LogP contribution in [-0.4, -0.2) is 41.4 Å². The maximum Gasteiger partial charge on any atom is 0.218 e. The summed E-state index contributed by atoms with van der Waals surface area (Å²) in [4.78, 5) is 10.2. The molecule has 1 aliphatic heterocycles. The second-order valence-corrected chi connectivity index (χ2v) is 3.66. The van der Waals surface area contributed by atoms with Crippen LogP contribution in [0.25, 0.3) is 0 Å². The van der Waals surface area contributed by atoms with Gasteiger partial charge in [-0.1, -0.05) is 0 Å². The molecule has 1 N–H and O–H groups in total. The lowest BCUT2D eigenvalue weighted by Crippen LogP contribution is -2.38. The van der Waals surface area contributed by atoms with E-state index in [2.05, 4.69) is 14.9 Å². The van der Waals surface area contributed by atoms with Gasteiger partial charge in [-0.3, -0.25) is 0 Å². The van der Waals surface area contributed by atoms with Crippen LogP contribution in [0.15, 0.2) is 12.4 Å². The highest BCUT2D eigenvalue weighted by Gasteiger charge is 2.19. The Hall–Kier alpha value is -1.36. The summed E-state index contributed by atoms with van der Waals surface area (Å²) < 4.78 is 5.03. The number of rotatable bonds is 2. The van der Waals surface area contributed by atoms with E-state index in [0.29, 0.717) is 12.4 Å². The summed E-state index contributed by atoms with van der Waals surface area (Å²) in [5.41, 5.74) is 0. The van der Waals surface area contributed by atoms with Gasteiger partial charge in [0, 0.05) is 19.2 Å². The second-order valence-electron chi connectivity index (χ2n) is 3.66. The molecule has 5 nitrogen and oxygen atoms in total. The monoisotopic (exact) mass is 209 g/mol. The van der Waals surface area contributed by atoms with Crippen molar-refractivity contribution in [2.24, 2.45) is 0 Å². The van der Waals surface area contributed by atoms with Crippen LogP contribution in [0.3, 0.4) is 0 Å². The highest BCUT2D eigenvalue weighted by molar-refractivity contribution is 5.41. The average molecular weight is 209 g/mol. The van der Waals surface area contributed by atoms with Crippen LogP contribution in [0.2, 0.25) is 0 Å². The second kappa shape index (κ2) is 4.44. The standard InChI is InChI=1S/C10H15N3O2/c1-15-10-5-9(11-7-12-10)13-4-2-3-8(14)6-13/h5,7-8,14H,2-4,6H2,1H3/t8-/m0/s1. The van der Waals surface area contributed by atoms with E-state index in [1.54, 1.807) is 13.2 Å². The highest BCUT2D eigenvalue weighted by Crippen LogP contribution is 2.19. The first-order valence-electron chi connectivity index (χ1n) is 5.08. The van der Waals surface area contributed by atoms with Crippen LogP contribution in [0, 0.1) is 0 Å². The molecule has 1 aromatic heterocycles. The van der Waals surface area contributed by atoms with Crippen molar-refractivity contribution in [3.63, 3.8) is 0 Å². The molecule has 2 heterocycles. The van der Waals surface area contributed by atoms with E-state index in [0.717, 1.165) is 25.2 Å². The van der Waals surface area contributed by atoms with Gasteiger partial charge in [-0.25, -0.2) is 9.97 Å². The van der Waals surface area contributed by atoms with Gasteiger partial charge in [-0.2, -0.15) is 0 Å². The minimum absolute atomic E-state index is 0.250. The molecule has 0 spiro atoms. The summed E-state index contributed by atoms with van der Waals surface area (Å²) in [6, 6.07) is 1.79. The molecule has 5 heteroatoms. The SMILES string of the molecule is COc1cc(N2CCC[C@H](O)C2)ncn1. The molecule has 0 amide bonds. The number of aliphatic hydroxyl groups is 1. The van der Waals surface area contributed by atoms with E-state index in [1.807, 2.05) is 0 Å². The summed E-state index contributed by atoms with van der Waals surface area (Å²) in [7, 11) is 1.58. The van der Waals surface area contributed by atoms with Gasteiger partial charge in [-0.15, -0.1) is 0 Å². The normalized spacial score (nSPS) is 21.5. The Balaban J connectivity index is 2.13. The van der Waals surface area contributed by atoms with E-state index in [4.69, 9.17) is 4.74 Å². The van der Waals surface area contributed by atoms with Gasteiger partial charge in [0.15, 0.2) is 0 Å². The molecule has 0 radical (unpaired) electrons. The van der Waals surface area contributed by atoms with Gasteiger partial charge in [0.25, 0.3) is 0 Å². The van der Waals surface area contributed by atoms with E-state index in [-0.39, 0.29) is 6.10 Å². The fourth-order valence-electron chi connectivity index (χ4n) is 1.78. The van der Waals surface area contributed by atoms with Crippen molar-refractivity contribution < 1.29 is 9.84 Å². The molecule has 15 heavy (non-hydrogen) atoms. The minimum atomic E-state index is -0.250. The number of aliphatic hydroxyl groups excluding tert-OH is 1. The molecule has 0 saturated carbocycles. The van der Waals surface area contributed by atoms with Crippen LogP contribution in [-0.2, 0) is 0 Å². The maximum atomic E-state index is 9.55. The minimum Gasteiger partial charge on any atom is -0.481 e. The van der Waals surface area contributed by atoms with Crippen LogP contribution in [0.4, 0.5) is 5.82 Å². The molecule has 0 bridgehead atoms. The number of hydrogen-bond donors (Lipinski definition) is 1. The predicted molar refractivity (Wildman–Crippen MR) is 56.0 cm³/mol. The number of hydrogen-bond acceptors (Lipinski definition) is 5. The number of anilines is 1. The number of nitrogens with zero attached hydrogens (tertiary/aromatic N) is 3. The fraction of sp³-hybridized carbons (Fsp3) is 0.600. The van der Waals surface area contributed by atoms with Crippen LogP contribution in [0.1, 0.15) is 12.8 Å². The van der Waals surface area contributed by atoms with Crippen LogP contribution >= 0.6 is 0 Å². The van der Waals surface area contributed by atoms with E-state index in [1.165, 1.54) is 6.33 Å². The Morgan fingerprint density at radius 2 is 2.40 bits per heavy atom. The molecule has 1 atom stereocenters. The van der Waals surface area contributed by atoms with Crippen molar-refractivity contribution in [1.29, 1.82) is 0 Å². The van der Waals surface area contributed by atoms with Crippen molar-refractivity contribution in [3.8, 4) is 5.88 Å². The third kappa shape index (κ3) is 2.36. The molecule has 1 saturated heterocycles. The number of ether oxygens (including phenoxy) is 1. The van der Waals surface area contributed by atoms with Gasteiger partial charge in [0.1, 0.15) is 12.1 Å². The molecule has 82 valence electrons. The lowest BCUT2D eigenvalue weighted by Gasteiger charge is -2.30. The molecule has 1 fully saturated rings. The third-order valence-electron chi connectivity index (χ3n) is 2.56. The largest absolute Gasteiger partial charge is 0.481 e. The van der Waals surface area contributed by atoms with Gasteiger partial charge in [0.2, 0.25) is 5.88 Å². The Morgan fingerprint density at radius 3 is 3.13 bits per heavy atom. The molecule has 2 rings (SSSR count). The Bertz CT molecular complexity index is 332. The Kier molecular flexibility index (Phi) is 3.01. The zero-order valence-corrected chi connectivity index (χ0v) is 8.76. The van der Waals surface area contributed by atoms with Crippen molar-refractivity contribution >= 4 is 5.82 Å². The summed E-state index contributed by atoms with van der Waals surface area (Å²) in [5.74, 6) is 1.38. The summed E-state index contributed by atoms with van der Waals surface area (Å²) in [5, 5.41) is 9.55. The summed E-state index contributed by atoms with van der Waals surface area (Å²) in [6.45, 7) is 1.57.